The molecule has 9 heteroatoms. The lowest BCUT2D eigenvalue weighted by Gasteiger charge is -2.24. The molecule has 0 fully saturated rings. The molecular formula is C22H19Cl2N3O3S. The molecule has 0 aliphatic rings. The summed E-state index contributed by atoms with van der Waals surface area (Å²) < 4.78 is 28.0. The molecule has 1 aromatic heterocycles. The summed E-state index contributed by atoms with van der Waals surface area (Å²) >= 11 is 12.4. The highest BCUT2D eigenvalue weighted by Crippen LogP contribution is 2.33. The first-order valence-corrected chi connectivity index (χ1v) is 11.4. The van der Waals surface area contributed by atoms with Gasteiger partial charge in [0.05, 0.1) is 34.5 Å². The minimum atomic E-state index is -4.14. The summed E-state index contributed by atoms with van der Waals surface area (Å²) in [4.78, 5) is 16.5. The topological polar surface area (TPSA) is 79.4 Å². The molecule has 160 valence electrons. The third-order valence-corrected chi connectivity index (χ3v) is 6.91. The van der Waals surface area contributed by atoms with Crippen molar-refractivity contribution in [2.75, 3.05) is 10.8 Å². The van der Waals surface area contributed by atoms with E-state index in [0.717, 1.165) is 4.31 Å². The predicted molar refractivity (Wildman–Crippen MR) is 123 cm³/mol. The third kappa shape index (κ3) is 5.25. The summed E-state index contributed by atoms with van der Waals surface area (Å²) in [5.41, 5.74) is 1.11. The summed E-state index contributed by atoms with van der Waals surface area (Å²) in [7, 11) is -4.14. The second kappa shape index (κ2) is 9.96. The van der Waals surface area contributed by atoms with Crippen LogP contribution in [0.1, 0.15) is 16.1 Å². The van der Waals surface area contributed by atoms with Gasteiger partial charge in [-0.3, -0.25) is 14.1 Å². The molecule has 1 heterocycles. The zero-order valence-corrected chi connectivity index (χ0v) is 18.7. The lowest BCUT2D eigenvalue weighted by atomic mass is 10.2. The molecule has 0 saturated heterocycles. The molecule has 6 nitrogen and oxygen atoms in total. The van der Waals surface area contributed by atoms with Gasteiger partial charge in [-0.15, -0.1) is 6.58 Å². The number of hydrogen-bond acceptors (Lipinski definition) is 4. The van der Waals surface area contributed by atoms with Gasteiger partial charge in [0, 0.05) is 11.8 Å². The van der Waals surface area contributed by atoms with E-state index in [-0.39, 0.29) is 39.3 Å². The van der Waals surface area contributed by atoms with Crippen molar-refractivity contribution in [2.45, 2.75) is 11.4 Å². The van der Waals surface area contributed by atoms with Crippen LogP contribution in [0.4, 0.5) is 5.69 Å². The van der Waals surface area contributed by atoms with Crippen LogP contribution >= 0.6 is 23.2 Å². The number of anilines is 1. The Labute approximate surface area is 191 Å². The fraction of sp³-hybridized carbons (Fsp3) is 0.0909. The fourth-order valence-corrected chi connectivity index (χ4v) is 5.08. The second-order valence-corrected chi connectivity index (χ2v) is 9.07. The van der Waals surface area contributed by atoms with E-state index in [2.05, 4.69) is 16.9 Å². The number of aromatic nitrogens is 1. The van der Waals surface area contributed by atoms with Gasteiger partial charge in [-0.1, -0.05) is 47.5 Å². The zero-order valence-electron chi connectivity index (χ0n) is 16.3. The van der Waals surface area contributed by atoms with Gasteiger partial charge in [-0.2, -0.15) is 0 Å². The molecule has 0 saturated carbocycles. The number of amides is 1. The normalized spacial score (nSPS) is 11.0. The Kier molecular flexibility index (Phi) is 7.33. The van der Waals surface area contributed by atoms with Crippen LogP contribution in [-0.2, 0) is 16.6 Å². The van der Waals surface area contributed by atoms with Gasteiger partial charge >= 0.3 is 0 Å². The van der Waals surface area contributed by atoms with Crippen LogP contribution in [0.2, 0.25) is 10.0 Å². The maximum atomic E-state index is 13.4. The van der Waals surface area contributed by atoms with Crippen molar-refractivity contribution >= 4 is 44.8 Å². The number of hydrogen-bond donors (Lipinski definition) is 1. The van der Waals surface area contributed by atoms with Crippen LogP contribution in [0.3, 0.4) is 0 Å². The minimum Gasteiger partial charge on any atom is -0.346 e. The Morgan fingerprint density at radius 3 is 2.48 bits per heavy atom. The van der Waals surface area contributed by atoms with Gasteiger partial charge < -0.3 is 5.32 Å². The van der Waals surface area contributed by atoms with E-state index in [0.29, 0.717) is 5.69 Å². The highest BCUT2D eigenvalue weighted by Gasteiger charge is 2.28. The molecular weight excluding hydrogens is 457 g/mol. The molecule has 1 amide bonds. The lowest BCUT2D eigenvalue weighted by Crippen LogP contribution is -2.32. The van der Waals surface area contributed by atoms with Gasteiger partial charge in [0.15, 0.2) is 0 Å². The number of halogens is 2. The Bertz CT molecular complexity index is 1200. The van der Waals surface area contributed by atoms with Crippen molar-refractivity contribution in [3.8, 4) is 0 Å². The molecule has 0 bridgehead atoms. The van der Waals surface area contributed by atoms with Crippen LogP contribution in [0.15, 0.2) is 84.4 Å². The molecule has 3 aromatic rings. The van der Waals surface area contributed by atoms with Crippen LogP contribution in [-0.4, -0.2) is 25.9 Å². The van der Waals surface area contributed by atoms with E-state index in [9.17, 15) is 13.2 Å². The maximum absolute atomic E-state index is 13.4. The maximum Gasteiger partial charge on any atom is 0.266 e. The number of carbonyl (C=O) groups excluding carboxylic acids is 1. The van der Waals surface area contributed by atoms with E-state index >= 15 is 0 Å². The first-order chi connectivity index (χ1) is 14.8. The van der Waals surface area contributed by atoms with Crippen LogP contribution in [0.5, 0.6) is 0 Å². The molecule has 0 aliphatic heterocycles. The number of sulfonamides is 1. The van der Waals surface area contributed by atoms with Crippen LogP contribution in [0, 0.1) is 0 Å². The molecule has 1 N–H and O–H groups in total. The SMILES string of the molecule is C=CCN(c1ccccc1Cl)S(=O)(=O)c1cc(C(=O)NCc2ccccn2)ccc1Cl. The summed E-state index contributed by atoms with van der Waals surface area (Å²) in [6.45, 7) is 3.80. The number of carbonyl (C=O) groups is 1. The van der Waals surface area contributed by atoms with Gasteiger partial charge in [-0.05, 0) is 42.5 Å². The van der Waals surface area contributed by atoms with Crippen LogP contribution in [0.25, 0.3) is 0 Å². The van der Waals surface area contributed by atoms with E-state index in [4.69, 9.17) is 23.2 Å². The van der Waals surface area contributed by atoms with Gasteiger partial charge in [0.1, 0.15) is 4.90 Å². The molecule has 3 rings (SSSR count). The van der Waals surface area contributed by atoms with Gasteiger partial charge in [-0.25, -0.2) is 8.42 Å². The Morgan fingerprint density at radius 2 is 1.81 bits per heavy atom. The van der Waals surface area contributed by atoms with E-state index in [1.54, 1.807) is 42.6 Å². The zero-order chi connectivity index (χ0) is 22.4. The van der Waals surface area contributed by atoms with Crippen molar-refractivity contribution in [3.05, 3.63) is 101 Å². The fourth-order valence-electron chi connectivity index (χ4n) is 2.83. The third-order valence-electron chi connectivity index (χ3n) is 4.33. The van der Waals surface area contributed by atoms with Crippen molar-refractivity contribution in [1.29, 1.82) is 0 Å². The lowest BCUT2D eigenvalue weighted by molar-refractivity contribution is 0.0950. The minimum absolute atomic E-state index is 0.0117. The van der Waals surface area contributed by atoms with Crippen molar-refractivity contribution < 1.29 is 13.2 Å². The molecule has 0 atom stereocenters. The van der Waals surface area contributed by atoms with E-state index in [1.807, 2.05) is 6.07 Å². The summed E-state index contributed by atoms with van der Waals surface area (Å²) in [5, 5.41) is 2.96. The Balaban J connectivity index is 1.94. The largest absolute Gasteiger partial charge is 0.346 e. The van der Waals surface area contributed by atoms with Crippen molar-refractivity contribution in [2.24, 2.45) is 0 Å². The Hall–Kier alpha value is -2.87. The average molecular weight is 476 g/mol. The molecule has 31 heavy (non-hydrogen) atoms. The second-order valence-electron chi connectivity index (χ2n) is 6.43. The number of nitrogens with zero attached hydrogens (tertiary/aromatic N) is 2. The molecule has 0 radical (unpaired) electrons. The average Bonchev–Trinajstić information content (AvgIpc) is 2.77. The quantitative estimate of drug-likeness (QED) is 0.478. The van der Waals surface area contributed by atoms with Gasteiger partial charge in [0.2, 0.25) is 0 Å². The predicted octanol–water partition coefficient (Wildman–Crippen LogP) is 4.70. The molecule has 0 spiro atoms. The van der Waals surface area contributed by atoms with Crippen molar-refractivity contribution in [1.82, 2.24) is 10.3 Å². The number of nitrogens with one attached hydrogen (secondary N) is 1. The highest BCUT2D eigenvalue weighted by atomic mass is 35.5. The number of benzene rings is 2. The van der Waals surface area contributed by atoms with Crippen LogP contribution < -0.4 is 9.62 Å². The summed E-state index contributed by atoms with van der Waals surface area (Å²) in [6, 6.07) is 16.0. The van der Waals surface area contributed by atoms with Gasteiger partial charge in [0.25, 0.3) is 15.9 Å². The summed E-state index contributed by atoms with van der Waals surface area (Å²) in [5.74, 6) is -0.452. The first kappa shape index (κ1) is 22.8. The first-order valence-electron chi connectivity index (χ1n) is 9.20. The number of rotatable bonds is 8. The highest BCUT2D eigenvalue weighted by molar-refractivity contribution is 7.93. The standard InChI is InChI=1S/C22H19Cl2N3O3S/c1-2-13-27(20-9-4-3-8-18(20)23)31(29,30)21-14-16(10-11-19(21)24)22(28)26-15-17-7-5-6-12-25-17/h2-12,14H,1,13,15H2,(H,26,28). The van der Waals surface area contributed by atoms with E-state index < -0.39 is 15.9 Å². The molecule has 0 unspecified atom stereocenters. The Morgan fingerprint density at radius 1 is 1.06 bits per heavy atom. The number of para-hydroxylation sites is 1. The monoisotopic (exact) mass is 475 g/mol. The molecule has 0 aliphatic carbocycles. The van der Waals surface area contributed by atoms with Crippen molar-refractivity contribution in [3.63, 3.8) is 0 Å². The summed E-state index contributed by atoms with van der Waals surface area (Å²) in [6.07, 6.45) is 3.07. The molecule has 2 aromatic carbocycles. The smallest absolute Gasteiger partial charge is 0.266 e. The number of pyridine rings is 1. The van der Waals surface area contributed by atoms with E-state index in [1.165, 1.54) is 24.3 Å².